The standard InChI is InChI=1S/C14H18N2O3/c1-8(2)14(3)13(19)15-11(16-14)9-6-4-5-7-10(9)12(17)18/h4-8,11,16H,1-3H3,(H,15,19)(H,17,18). The van der Waals surface area contributed by atoms with Gasteiger partial charge in [0.05, 0.1) is 11.1 Å². The maximum absolute atomic E-state index is 12.1. The van der Waals surface area contributed by atoms with E-state index < -0.39 is 17.7 Å². The fourth-order valence-electron chi connectivity index (χ4n) is 2.21. The molecule has 5 heteroatoms. The summed E-state index contributed by atoms with van der Waals surface area (Å²) < 4.78 is 0. The van der Waals surface area contributed by atoms with Gasteiger partial charge in [-0.3, -0.25) is 10.1 Å². The maximum Gasteiger partial charge on any atom is 0.336 e. The van der Waals surface area contributed by atoms with Gasteiger partial charge >= 0.3 is 5.97 Å². The van der Waals surface area contributed by atoms with Gasteiger partial charge in [-0.05, 0) is 18.9 Å². The smallest absolute Gasteiger partial charge is 0.336 e. The van der Waals surface area contributed by atoms with E-state index in [9.17, 15) is 14.7 Å². The van der Waals surface area contributed by atoms with Crippen molar-refractivity contribution < 1.29 is 14.7 Å². The highest BCUT2D eigenvalue weighted by atomic mass is 16.4. The lowest BCUT2D eigenvalue weighted by molar-refractivity contribution is -0.125. The summed E-state index contributed by atoms with van der Waals surface area (Å²) in [7, 11) is 0. The zero-order valence-electron chi connectivity index (χ0n) is 11.2. The van der Waals surface area contributed by atoms with Crippen LogP contribution >= 0.6 is 0 Å². The first-order valence-electron chi connectivity index (χ1n) is 6.27. The molecule has 2 rings (SSSR count). The average Bonchev–Trinajstić information content (AvgIpc) is 2.67. The molecule has 0 spiro atoms. The third kappa shape index (κ3) is 2.21. The van der Waals surface area contributed by atoms with Gasteiger partial charge in [-0.2, -0.15) is 0 Å². The molecule has 1 heterocycles. The fraction of sp³-hybridized carbons (Fsp3) is 0.429. The van der Waals surface area contributed by atoms with Crippen molar-refractivity contribution in [1.82, 2.24) is 10.6 Å². The molecule has 1 amide bonds. The van der Waals surface area contributed by atoms with Crippen molar-refractivity contribution >= 4 is 11.9 Å². The lowest BCUT2D eigenvalue weighted by Gasteiger charge is -2.26. The number of rotatable bonds is 3. The van der Waals surface area contributed by atoms with E-state index in [-0.39, 0.29) is 17.4 Å². The van der Waals surface area contributed by atoms with Gasteiger partial charge in [0.1, 0.15) is 6.17 Å². The zero-order chi connectivity index (χ0) is 14.2. The number of hydrogen-bond acceptors (Lipinski definition) is 3. The summed E-state index contributed by atoms with van der Waals surface area (Å²) in [6.07, 6.45) is -0.466. The topological polar surface area (TPSA) is 78.4 Å². The number of hydrogen-bond donors (Lipinski definition) is 3. The normalized spacial score (nSPS) is 26.5. The fourth-order valence-corrected chi connectivity index (χ4v) is 2.21. The first kappa shape index (κ1) is 13.5. The van der Waals surface area contributed by atoms with Crippen LogP contribution in [0.5, 0.6) is 0 Å². The molecule has 1 fully saturated rings. The minimum absolute atomic E-state index is 0.104. The van der Waals surface area contributed by atoms with Gasteiger partial charge in [-0.1, -0.05) is 32.0 Å². The second kappa shape index (κ2) is 4.66. The van der Waals surface area contributed by atoms with Crippen LogP contribution in [0, 0.1) is 5.92 Å². The highest BCUT2D eigenvalue weighted by molar-refractivity contribution is 5.92. The van der Waals surface area contributed by atoms with Crippen molar-refractivity contribution in [3.8, 4) is 0 Å². The second-order valence-electron chi connectivity index (χ2n) is 5.30. The maximum atomic E-state index is 12.1. The Morgan fingerprint density at radius 2 is 2.00 bits per heavy atom. The van der Waals surface area contributed by atoms with E-state index in [1.165, 1.54) is 6.07 Å². The number of carboxylic acids is 1. The summed E-state index contributed by atoms with van der Waals surface area (Å²) in [6.45, 7) is 5.74. The number of benzene rings is 1. The van der Waals surface area contributed by atoms with Crippen LogP contribution in [-0.2, 0) is 4.79 Å². The predicted octanol–water partition coefficient (Wildman–Crippen LogP) is 1.52. The van der Waals surface area contributed by atoms with Crippen LogP contribution in [0.15, 0.2) is 24.3 Å². The Hall–Kier alpha value is -1.88. The van der Waals surface area contributed by atoms with Crippen molar-refractivity contribution in [2.24, 2.45) is 5.92 Å². The van der Waals surface area contributed by atoms with E-state index in [2.05, 4.69) is 10.6 Å². The first-order valence-corrected chi connectivity index (χ1v) is 6.27. The third-order valence-electron chi connectivity index (χ3n) is 3.85. The summed E-state index contributed by atoms with van der Waals surface area (Å²) in [5.41, 5.74) is 0.0945. The van der Waals surface area contributed by atoms with Crippen LogP contribution in [0.4, 0.5) is 0 Å². The molecule has 3 N–H and O–H groups in total. The summed E-state index contributed by atoms with van der Waals surface area (Å²) in [5.74, 6) is -0.994. The molecule has 0 bridgehead atoms. The molecule has 1 aromatic carbocycles. The number of nitrogens with one attached hydrogen (secondary N) is 2. The number of aromatic carboxylic acids is 1. The highest BCUT2D eigenvalue weighted by Crippen LogP contribution is 2.29. The predicted molar refractivity (Wildman–Crippen MR) is 70.7 cm³/mol. The van der Waals surface area contributed by atoms with Crippen molar-refractivity contribution in [2.45, 2.75) is 32.5 Å². The molecule has 0 aliphatic carbocycles. The van der Waals surface area contributed by atoms with E-state index in [4.69, 9.17) is 0 Å². The Kier molecular flexibility index (Phi) is 3.32. The first-order chi connectivity index (χ1) is 8.86. The summed E-state index contributed by atoms with van der Waals surface area (Å²) in [5, 5.41) is 15.2. The molecule has 102 valence electrons. The van der Waals surface area contributed by atoms with E-state index in [0.717, 1.165) is 0 Å². The minimum atomic E-state index is -0.996. The molecule has 1 saturated heterocycles. The third-order valence-corrected chi connectivity index (χ3v) is 3.85. The summed E-state index contributed by atoms with van der Waals surface area (Å²) in [4.78, 5) is 23.3. The van der Waals surface area contributed by atoms with Crippen molar-refractivity contribution in [3.63, 3.8) is 0 Å². The van der Waals surface area contributed by atoms with Crippen LogP contribution in [0.2, 0.25) is 0 Å². The average molecular weight is 262 g/mol. The lowest BCUT2D eigenvalue weighted by Crippen LogP contribution is -2.48. The van der Waals surface area contributed by atoms with Crippen molar-refractivity contribution in [3.05, 3.63) is 35.4 Å². The summed E-state index contributed by atoms with van der Waals surface area (Å²) in [6, 6.07) is 6.69. The number of amides is 1. The van der Waals surface area contributed by atoms with Gasteiger partial charge in [0.25, 0.3) is 0 Å². The van der Waals surface area contributed by atoms with Gasteiger partial charge in [-0.15, -0.1) is 0 Å². The molecular formula is C14H18N2O3. The lowest BCUT2D eigenvalue weighted by atomic mass is 9.89. The SMILES string of the molecule is CC(C)C1(C)NC(c2ccccc2C(=O)O)NC1=O. The molecule has 1 aliphatic heterocycles. The Labute approximate surface area is 112 Å². The van der Waals surface area contributed by atoms with Crippen LogP contribution in [0.25, 0.3) is 0 Å². The van der Waals surface area contributed by atoms with E-state index in [0.29, 0.717) is 5.56 Å². The Balaban J connectivity index is 2.36. The molecule has 5 nitrogen and oxygen atoms in total. The van der Waals surface area contributed by atoms with Crippen molar-refractivity contribution in [2.75, 3.05) is 0 Å². The molecule has 0 radical (unpaired) electrons. The van der Waals surface area contributed by atoms with Crippen LogP contribution in [0.1, 0.15) is 42.9 Å². The molecule has 0 saturated carbocycles. The quantitative estimate of drug-likeness (QED) is 0.771. The molecule has 1 aliphatic rings. The number of carbonyl (C=O) groups excluding carboxylic acids is 1. The van der Waals surface area contributed by atoms with Crippen LogP contribution in [0.3, 0.4) is 0 Å². The molecule has 2 unspecified atom stereocenters. The highest BCUT2D eigenvalue weighted by Gasteiger charge is 2.45. The Bertz CT molecular complexity index is 527. The van der Waals surface area contributed by atoms with E-state index >= 15 is 0 Å². The van der Waals surface area contributed by atoms with E-state index in [1.54, 1.807) is 18.2 Å². The Morgan fingerprint density at radius 1 is 1.37 bits per heavy atom. The molecule has 1 aromatic rings. The van der Waals surface area contributed by atoms with Gasteiger partial charge in [0, 0.05) is 5.56 Å². The monoisotopic (exact) mass is 262 g/mol. The molecule has 19 heavy (non-hydrogen) atoms. The largest absolute Gasteiger partial charge is 0.478 e. The summed E-state index contributed by atoms with van der Waals surface area (Å²) >= 11 is 0. The minimum Gasteiger partial charge on any atom is -0.478 e. The number of carbonyl (C=O) groups is 2. The van der Waals surface area contributed by atoms with Crippen LogP contribution in [-0.4, -0.2) is 22.5 Å². The zero-order valence-corrected chi connectivity index (χ0v) is 11.2. The second-order valence-corrected chi connectivity index (χ2v) is 5.30. The molecule has 0 aromatic heterocycles. The van der Waals surface area contributed by atoms with Gasteiger partial charge < -0.3 is 10.4 Å². The molecule has 2 atom stereocenters. The van der Waals surface area contributed by atoms with E-state index in [1.807, 2.05) is 20.8 Å². The number of carboxylic acid groups (broad SMARTS) is 1. The van der Waals surface area contributed by atoms with Crippen molar-refractivity contribution in [1.29, 1.82) is 0 Å². The van der Waals surface area contributed by atoms with Gasteiger partial charge in [0.15, 0.2) is 0 Å². The van der Waals surface area contributed by atoms with Gasteiger partial charge in [-0.25, -0.2) is 4.79 Å². The molecular weight excluding hydrogens is 244 g/mol. The van der Waals surface area contributed by atoms with Crippen LogP contribution < -0.4 is 10.6 Å². The van der Waals surface area contributed by atoms with Gasteiger partial charge in [0.2, 0.25) is 5.91 Å². The Morgan fingerprint density at radius 3 is 2.53 bits per heavy atom.